The molecular formula is C14H18FNS2. The quantitative estimate of drug-likeness (QED) is 0.908. The van der Waals surface area contributed by atoms with Crippen LogP contribution in [0.5, 0.6) is 0 Å². The van der Waals surface area contributed by atoms with Gasteiger partial charge in [-0.15, -0.1) is 11.8 Å². The van der Waals surface area contributed by atoms with Crippen LogP contribution >= 0.6 is 23.5 Å². The molecule has 2 aliphatic rings. The first kappa shape index (κ1) is 12.8. The highest BCUT2D eigenvalue weighted by molar-refractivity contribution is 7.99. The summed E-state index contributed by atoms with van der Waals surface area (Å²) in [5.74, 6) is 4.42. The second-order valence-corrected chi connectivity index (χ2v) is 7.30. The van der Waals surface area contributed by atoms with E-state index in [1.54, 1.807) is 12.1 Å². The van der Waals surface area contributed by atoms with Crippen molar-refractivity contribution in [1.82, 2.24) is 5.32 Å². The van der Waals surface area contributed by atoms with E-state index in [1.165, 1.54) is 22.8 Å². The molecule has 1 saturated heterocycles. The smallest absolute Gasteiger partial charge is 0.123 e. The molecule has 2 aliphatic heterocycles. The molecule has 0 spiro atoms. The molecule has 1 fully saturated rings. The molecule has 2 atom stereocenters. The number of nitrogens with one attached hydrogen (secondary N) is 1. The average molecular weight is 283 g/mol. The minimum Gasteiger partial charge on any atom is -0.310 e. The molecule has 1 aromatic carbocycles. The second kappa shape index (κ2) is 5.85. The van der Waals surface area contributed by atoms with Gasteiger partial charge in [-0.2, -0.15) is 11.8 Å². The van der Waals surface area contributed by atoms with Crippen LogP contribution < -0.4 is 5.32 Å². The van der Waals surface area contributed by atoms with Crippen molar-refractivity contribution in [2.45, 2.75) is 23.8 Å². The third kappa shape index (κ3) is 2.86. The summed E-state index contributed by atoms with van der Waals surface area (Å²) in [7, 11) is 0. The SMILES string of the molecule is Fc1ccc2c(c1)C(NCC1CCSC1)CCS2. The lowest BCUT2D eigenvalue weighted by Gasteiger charge is -2.27. The molecule has 2 unspecified atom stereocenters. The molecule has 0 bridgehead atoms. The Bertz CT molecular complexity index is 418. The number of hydrogen-bond acceptors (Lipinski definition) is 3. The summed E-state index contributed by atoms with van der Waals surface area (Å²) in [6, 6.07) is 5.56. The Morgan fingerprint density at radius 2 is 2.22 bits per heavy atom. The summed E-state index contributed by atoms with van der Waals surface area (Å²) >= 11 is 3.90. The van der Waals surface area contributed by atoms with Gasteiger partial charge in [-0.1, -0.05) is 0 Å². The molecular weight excluding hydrogens is 265 g/mol. The fourth-order valence-electron chi connectivity index (χ4n) is 2.63. The molecule has 0 amide bonds. The zero-order valence-electron chi connectivity index (χ0n) is 10.3. The molecule has 1 aromatic rings. The van der Waals surface area contributed by atoms with Crippen molar-refractivity contribution in [1.29, 1.82) is 0 Å². The van der Waals surface area contributed by atoms with E-state index in [4.69, 9.17) is 0 Å². The third-order valence-corrected chi connectivity index (χ3v) is 6.04. The van der Waals surface area contributed by atoms with Gasteiger partial charge in [-0.25, -0.2) is 4.39 Å². The van der Waals surface area contributed by atoms with E-state index in [2.05, 4.69) is 17.1 Å². The summed E-state index contributed by atoms with van der Waals surface area (Å²) in [4.78, 5) is 1.25. The predicted molar refractivity (Wildman–Crippen MR) is 77.9 cm³/mol. The predicted octanol–water partition coefficient (Wildman–Crippen LogP) is 3.71. The van der Waals surface area contributed by atoms with Gasteiger partial charge in [0, 0.05) is 10.9 Å². The molecule has 0 radical (unpaired) electrons. The fourth-order valence-corrected chi connectivity index (χ4v) is 5.02. The lowest BCUT2D eigenvalue weighted by molar-refractivity contribution is 0.444. The Hall–Kier alpha value is -0.190. The summed E-state index contributed by atoms with van der Waals surface area (Å²) in [6.07, 6.45) is 2.44. The van der Waals surface area contributed by atoms with Crippen LogP contribution in [-0.2, 0) is 0 Å². The Kier molecular flexibility index (Phi) is 4.16. The number of fused-ring (bicyclic) bond motifs is 1. The van der Waals surface area contributed by atoms with E-state index in [0.717, 1.165) is 30.2 Å². The molecule has 2 heterocycles. The first-order chi connectivity index (χ1) is 8.83. The summed E-state index contributed by atoms with van der Waals surface area (Å²) in [6.45, 7) is 1.08. The van der Waals surface area contributed by atoms with E-state index < -0.39 is 0 Å². The van der Waals surface area contributed by atoms with Crippen molar-refractivity contribution >= 4 is 23.5 Å². The monoisotopic (exact) mass is 283 g/mol. The number of benzene rings is 1. The van der Waals surface area contributed by atoms with Crippen molar-refractivity contribution in [2.24, 2.45) is 5.92 Å². The molecule has 1 N–H and O–H groups in total. The van der Waals surface area contributed by atoms with Crippen LogP contribution in [0.4, 0.5) is 4.39 Å². The van der Waals surface area contributed by atoms with Gasteiger partial charge in [-0.3, -0.25) is 0 Å². The molecule has 98 valence electrons. The highest BCUT2D eigenvalue weighted by Gasteiger charge is 2.23. The number of halogens is 1. The van der Waals surface area contributed by atoms with Crippen LogP contribution in [0, 0.1) is 11.7 Å². The summed E-state index contributed by atoms with van der Waals surface area (Å²) in [5.41, 5.74) is 1.16. The normalized spacial score (nSPS) is 27.2. The number of rotatable bonds is 3. The molecule has 0 saturated carbocycles. The van der Waals surface area contributed by atoms with Gasteiger partial charge >= 0.3 is 0 Å². The van der Waals surface area contributed by atoms with E-state index >= 15 is 0 Å². The zero-order valence-corrected chi connectivity index (χ0v) is 12.0. The van der Waals surface area contributed by atoms with E-state index in [-0.39, 0.29) is 5.82 Å². The summed E-state index contributed by atoms with van der Waals surface area (Å²) in [5, 5.41) is 3.65. The summed E-state index contributed by atoms with van der Waals surface area (Å²) < 4.78 is 13.4. The molecule has 0 aliphatic carbocycles. The fraction of sp³-hybridized carbons (Fsp3) is 0.571. The number of hydrogen-bond donors (Lipinski definition) is 1. The van der Waals surface area contributed by atoms with Crippen LogP contribution in [0.25, 0.3) is 0 Å². The standard InChI is InChI=1S/C14H18FNS2/c15-11-1-2-14-12(7-11)13(4-6-18-14)16-8-10-3-5-17-9-10/h1-2,7,10,13,16H,3-6,8-9H2. The Balaban J connectivity index is 1.68. The van der Waals surface area contributed by atoms with Gasteiger partial charge in [0.15, 0.2) is 0 Å². The average Bonchev–Trinajstić information content (AvgIpc) is 2.89. The Labute approximate surface area is 116 Å². The molecule has 18 heavy (non-hydrogen) atoms. The van der Waals surface area contributed by atoms with E-state index in [0.29, 0.717) is 6.04 Å². The van der Waals surface area contributed by atoms with Gasteiger partial charge in [0.2, 0.25) is 0 Å². The molecule has 1 nitrogen and oxygen atoms in total. The number of thioether (sulfide) groups is 2. The lowest BCUT2D eigenvalue weighted by Crippen LogP contribution is -2.29. The topological polar surface area (TPSA) is 12.0 Å². The van der Waals surface area contributed by atoms with E-state index in [9.17, 15) is 4.39 Å². The van der Waals surface area contributed by atoms with Crippen LogP contribution in [-0.4, -0.2) is 23.8 Å². The first-order valence-electron chi connectivity index (χ1n) is 6.56. The van der Waals surface area contributed by atoms with Gasteiger partial charge in [0.25, 0.3) is 0 Å². The third-order valence-electron chi connectivity index (χ3n) is 3.69. The Morgan fingerprint density at radius 1 is 1.28 bits per heavy atom. The van der Waals surface area contributed by atoms with Gasteiger partial charge in [0.1, 0.15) is 5.82 Å². The highest BCUT2D eigenvalue weighted by Crippen LogP contribution is 2.36. The Morgan fingerprint density at radius 3 is 3.06 bits per heavy atom. The molecule has 3 rings (SSSR count). The minimum atomic E-state index is -0.112. The second-order valence-electron chi connectivity index (χ2n) is 5.01. The van der Waals surface area contributed by atoms with Crippen molar-refractivity contribution in [3.8, 4) is 0 Å². The van der Waals surface area contributed by atoms with Gasteiger partial charge in [-0.05, 0) is 66.3 Å². The zero-order chi connectivity index (χ0) is 12.4. The maximum Gasteiger partial charge on any atom is 0.123 e. The lowest BCUT2D eigenvalue weighted by atomic mass is 10.0. The van der Waals surface area contributed by atoms with Gasteiger partial charge < -0.3 is 5.32 Å². The maximum absolute atomic E-state index is 13.4. The minimum absolute atomic E-state index is 0.112. The highest BCUT2D eigenvalue weighted by atomic mass is 32.2. The molecule has 4 heteroatoms. The largest absolute Gasteiger partial charge is 0.310 e. The van der Waals surface area contributed by atoms with Crippen LogP contribution in [0.1, 0.15) is 24.4 Å². The van der Waals surface area contributed by atoms with Crippen molar-refractivity contribution in [3.63, 3.8) is 0 Å². The van der Waals surface area contributed by atoms with Crippen molar-refractivity contribution in [3.05, 3.63) is 29.6 Å². The first-order valence-corrected chi connectivity index (χ1v) is 8.70. The maximum atomic E-state index is 13.4. The van der Waals surface area contributed by atoms with Crippen LogP contribution in [0.2, 0.25) is 0 Å². The van der Waals surface area contributed by atoms with Crippen molar-refractivity contribution in [2.75, 3.05) is 23.8 Å². The molecule has 0 aromatic heterocycles. The van der Waals surface area contributed by atoms with Gasteiger partial charge in [0.05, 0.1) is 0 Å². The van der Waals surface area contributed by atoms with E-state index in [1.807, 2.05) is 17.8 Å². The van der Waals surface area contributed by atoms with Crippen LogP contribution in [0.3, 0.4) is 0 Å². The van der Waals surface area contributed by atoms with Crippen molar-refractivity contribution < 1.29 is 4.39 Å². The van der Waals surface area contributed by atoms with Crippen LogP contribution in [0.15, 0.2) is 23.1 Å².